The van der Waals surface area contributed by atoms with Gasteiger partial charge in [-0.2, -0.15) is 0 Å². The fourth-order valence-corrected chi connectivity index (χ4v) is 3.07. The molecular weight excluding hydrogens is 230 g/mol. The minimum absolute atomic E-state index is 0.00370. The Morgan fingerprint density at radius 3 is 2.72 bits per heavy atom. The number of hydrogen-bond acceptors (Lipinski definition) is 3. The van der Waals surface area contributed by atoms with Gasteiger partial charge >= 0.3 is 0 Å². The Hall–Kier alpha value is -1.78. The van der Waals surface area contributed by atoms with Crippen molar-refractivity contribution in [3.8, 4) is 0 Å². The van der Waals surface area contributed by atoms with E-state index in [4.69, 9.17) is 0 Å². The van der Waals surface area contributed by atoms with Gasteiger partial charge in [0, 0.05) is 13.2 Å². The van der Waals surface area contributed by atoms with Crippen molar-refractivity contribution < 1.29 is 9.59 Å². The van der Waals surface area contributed by atoms with E-state index >= 15 is 0 Å². The Morgan fingerprint density at radius 1 is 1.33 bits per heavy atom. The van der Waals surface area contributed by atoms with Crippen LogP contribution in [0.4, 0.5) is 11.4 Å². The van der Waals surface area contributed by atoms with E-state index in [9.17, 15) is 9.59 Å². The predicted octanol–water partition coefficient (Wildman–Crippen LogP) is 1.90. The first-order chi connectivity index (χ1) is 8.66. The van der Waals surface area contributed by atoms with E-state index in [0.29, 0.717) is 11.4 Å². The van der Waals surface area contributed by atoms with Gasteiger partial charge in [-0.05, 0) is 12.8 Å². The van der Waals surface area contributed by atoms with Crippen molar-refractivity contribution in [3.05, 3.63) is 11.9 Å². The second-order valence-corrected chi connectivity index (χ2v) is 5.25. The van der Waals surface area contributed by atoms with Gasteiger partial charge in [-0.3, -0.25) is 9.59 Å². The molecule has 1 spiro atoms. The van der Waals surface area contributed by atoms with Gasteiger partial charge in [0.05, 0.1) is 11.4 Å². The lowest BCUT2D eigenvalue weighted by Gasteiger charge is -2.40. The number of rotatable bonds is 1. The van der Waals surface area contributed by atoms with Gasteiger partial charge in [0.15, 0.2) is 6.29 Å². The van der Waals surface area contributed by atoms with Gasteiger partial charge in [-0.1, -0.05) is 19.3 Å². The zero-order valence-electron chi connectivity index (χ0n) is 10.5. The van der Waals surface area contributed by atoms with Gasteiger partial charge in [0.2, 0.25) is 5.91 Å². The van der Waals surface area contributed by atoms with Crippen molar-refractivity contribution in [2.75, 3.05) is 10.6 Å². The number of carbonyl (C=O) groups excluding carboxylic acids is 2. The summed E-state index contributed by atoms with van der Waals surface area (Å²) < 4.78 is 1.74. The number of anilines is 2. The van der Waals surface area contributed by atoms with Crippen LogP contribution in [0.1, 0.15) is 42.6 Å². The first-order valence-electron chi connectivity index (χ1n) is 6.40. The topological polar surface area (TPSA) is 63.1 Å². The molecule has 1 aliphatic carbocycles. The lowest BCUT2D eigenvalue weighted by atomic mass is 9.79. The first-order valence-corrected chi connectivity index (χ1v) is 6.40. The summed E-state index contributed by atoms with van der Waals surface area (Å²) in [4.78, 5) is 23.3. The molecule has 1 fully saturated rings. The second-order valence-electron chi connectivity index (χ2n) is 5.25. The maximum Gasteiger partial charge on any atom is 0.250 e. The van der Waals surface area contributed by atoms with Crippen LogP contribution in [-0.4, -0.2) is 22.3 Å². The Bertz CT molecular complexity index is 513. The summed E-state index contributed by atoms with van der Waals surface area (Å²) >= 11 is 0. The first kappa shape index (κ1) is 11.3. The van der Waals surface area contributed by atoms with Crippen LogP contribution < -0.4 is 10.6 Å². The van der Waals surface area contributed by atoms with Gasteiger partial charge in [0.1, 0.15) is 11.2 Å². The third-order valence-electron chi connectivity index (χ3n) is 4.09. The zero-order chi connectivity index (χ0) is 12.8. The minimum atomic E-state index is -0.466. The molecule has 1 aromatic heterocycles. The van der Waals surface area contributed by atoms with Crippen LogP contribution in [-0.2, 0) is 11.8 Å². The molecule has 1 saturated carbocycles. The van der Waals surface area contributed by atoms with Gasteiger partial charge in [-0.25, -0.2) is 0 Å². The van der Waals surface area contributed by atoms with Crippen LogP contribution in [0.15, 0.2) is 6.20 Å². The number of aldehydes is 1. The maximum atomic E-state index is 12.3. The molecule has 2 heterocycles. The fraction of sp³-hybridized carbons (Fsp3) is 0.538. The summed E-state index contributed by atoms with van der Waals surface area (Å²) in [5, 5.41) is 6.27. The largest absolute Gasteiger partial charge is 0.368 e. The van der Waals surface area contributed by atoms with Crippen LogP contribution in [0.5, 0.6) is 0 Å². The van der Waals surface area contributed by atoms with Crippen molar-refractivity contribution in [3.63, 3.8) is 0 Å². The Balaban J connectivity index is 2.01. The molecule has 5 nitrogen and oxygen atoms in total. The summed E-state index contributed by atoms with van der Waals surface area (Å²) in [5.74, 6) is 0.00370. The molecule has 18 heavy (non-hydrogen) atoms. The second kappa shape index (κ2) is 3.86. The van der Waals surface area contributed by atoms with E-state index in [-0.39, 0.29) is 5.91 Å². The standard InChI is InChI=1S/C13H17N3O2/c1-16-7-9-11(10(16)8-17)14-12(18)13(15-9)5-3-2-4-6-13/h7-8,15H,2-6H2,1H3,(H,14,18). The lowest BCUT2D eigenvalue weighted by molar-refractivity contribution is -0.121. The molecule has 0 aromatic carbocycles. The SMILES string of the molecule is Cn1cc2c(c1C=O)NC(=O)C1(CCCCC1)N2. The highest BCUT2D eigenvalue weighted by molar-refractivity contribution is 6.09. The molecule has 2 N–H and O–H groups in total. The van der Waals surface area contributed by atoms with E-state index < -0.39 is 5.54 Å². The lowest BCUT2D eigenvalue weighted by Crippen LogP contribution is -2.53. The van der Waals surface area contributed by atoms with E-state index in [1.54, 1.807) is 4.57 Å². The zero-order valence-corrected chi connectivity index (χ0v) is 10.5. The number of nitrogens with one attached hydrogen (secondary N) is 2. The Morgan fingerprint density at radius 2 is 2.06 bits per heavy atom. The smallest absolute Gasteiger partial charge is 0.250 e. The minimum Gasteiger partial charge on any atom is -0.368 e. The number of fused-ring (bicyclic) bond motifs is 1. The van der Waals surface area contributed by atoms with Crippen molar-refractivity contribution in [1.82, 2.24) is 4.57 Å². The molecular formula is C13H17N3O2. The molecule has 2 aliphatic rings. The number of aromatic nitrogens is 1. The van der Waals surface area contributed by atoms with Crippen molar-refractivity contribution >= 4 is 23.6 Å². The monoisotopic (exact) mass is 247 g/mol. The summed E-state index contributed by atoms with van der Waals surface area (Å²) in [6, 6.07) is 0. The fourth-order valence-electron chi connectivity index (χ4n) is 3.07. The maximum absolute atomic E-state index is 12.3. The molecule has 3 rings (SSSR count). The number of aryl methyl sites for hydroxylation is 1. The van der Waals surface area contributed by atoms with Crippen LogP contribution >= 0.6 is 0 Å². The molecule has 1 aromatic rings. The Labute approximate surface area is 106 Å². The van der Waals surface area contributed by atoms with Gasteiger partial charge in [-0.15, -0.1) is 0 Å². The third-order valence-corrected chi connectivity index (χ3v) is 4.09. The molecule has 0 saturated heterocycles. The molecule has 0 radical (unpaired) electrons. The molecule has 0 bridgehead atoms. The summed E-state index contributed by atoms with van der Waals surface area (Å²) in [5.41, 5.74) is 1.53. The van der Waals surface area contributed by atoms with Crippen molar-refractivity contribution in [2.24, 2.45) is 7.05 Å². The van der Waals surface area contributed by atoms with E-state index in [0.717, 1.165) is 37.7 Å². The highest BCUT2D eigenvalue weighted by Gasteiger charge is 2.43. The van der Waals surface area contributed by atoms with Crippen molar-refractivity contribution in [1.29, 1.82) is 0 Å². The summed E-state index contributed by atoms with van der Waals surface area (Å²) in [6.07, 6.45) is 7.71. The van der Waals surface area contributed by atoms with Gasteiger partial charge < -0.3 is 15.2 Å². The van der Waals surface area contributed by atoms with Crippen LogP contribution in [0.3, 0.4) is 0 Å². The van der Waals surface area contributed by atoms with Crippen LogP contribution in [0, 0.1) is 0 Å². The van der Waals surface area contributed by atoms with Gasteiger partial charge in [0.25, 0.3) is 0 Å². The quantitative estimate of drug-likeness (QED) is 0.745. The molecule has 0 atom stereocenters. The Kier molecular flexibility index (Phi) is 2.43. The summed E-state index contributed by atoms with van der Waals surface area (Å²) in [7, 11) is 1.81. The average Bonchev–Trinajstić information content (AvgIpc) is 2.66. The van der Waals surface area contributed by atoms with Crippen molar-refractivity contribution in [2.45, 2.75) is 37.6 Å². The average molecular weight is 247 g/mol. The molecule has 1 aliphatic heterocycles. The number of amides is 1. The number of carbonyl (C=O) groups is 2. The summed E-state index contributed by atoms with van der Waals surface area (Å²) in [6.45, 7) is 0. The predicted molar refractivity (Wildman–Crippen MR) is 68.9 cm³/mol. The number of nitrogens with zero attached hydrogens (tertiary/aromatic N) is 1. The van der Waals surface area contributed by atoms with Crippen LogP contribution in [0.2, 0.25) is 0 Å². The molecule has 0 unspecified atom stereocenters. The highest BCUT2D eigenvalue weighted by Crippen LogP contribution is 2.40. The number of hydrogen-bond donors (Lipinski definition) is 2. The molecule has 96 valence electrons. The third kappa shape index (κ3) is 1.46. The molecule has 1 amide bonds. The normalized spacial score (nSPS) is 21.1. The van der Waals surface area contributed by atoms with Crippen LogP contribution in [0.25, 0.3) is 0 Å². The van der Waals surface area contributed by atoms with E-state index in [1.807, 2.05) is 13.2 Å². The highest BCUT2D eigenvalue weighted by atomic mass is 16.2. The van der Waals surface area contributed by atoms with E-state index in [1.165, 1.54) is 6.42 Å². The van der Waals surface area contributed by atoms with E-state index in [2.05, 4.69) is 10.6 Å². The molecule has 5 heteroatoms.